The van der Waals surface area contributed by atoms with E-state index in [0.29, 0.717) is 11.4 Å². The molecule has 86 valence electrons. The summed E-state index contributed by atoms with van der Waals surface area (Å²) in [5, 5.41) is 2.46. The molecule has 0 amide bonds. The normalized spacial score (nSPS) is 14.2. The Balaban J connectivity index is 2.88. The van der Waals surface area contributed by atoms with Crippen molar-refractivity contribution in [3.63, 3.8) is 0 Å². The van der Waals surface area contributed by atoms with E-state index in [0.717, 1.165) is 11.3 Å². The van der Waals surface area contributed by atoms with Crippen LogP contribution in [0.4, 0.5) is 13.2 Å². The Labute approximate surface area is 91.3 Å². The summed E-state index contributed by atoms with van der Waals surface area (Å²) in [6, 6.07) is 1.80. The van der Waals surface area contributed by atoms with Crippen LogP contribution in [0.1, 0.15) is 29.6 Å². The molecule has 1 aromatic rings. The SMILES string of the molecule is CCNC(c1ccc(CC)s1)C(F)(F)F. The van der Waals surface area contributed by atoms with Gasteiger partial charge in [0.05, 0.1) is 0 Å². The largest absolute Gasteiger partial charge is 0.408 e. The van der Waals surface area contributed by atoms with E-state index >= 15 is 0 Å². The lowest BCUT2D eigenvalue weighted by molar-refractivity contribution is -0.156. The van der Waals surface area contributed by atoms with Gasteiger partial charge in [0.15, 0.2) is 0 Å². The van der Waals surface area contributed by atoms with Gasteiger partial charge in [-0.2, -0.15) is 13.2 Å². The highest BCUT2D eigenvalue weighted by Crippen LogP contribution is 2.36. The topological polar surface area (TPSA) is 12.0 Å². The average Bonchev–Trinajstić information content (AvgIpc) is 2.60. The van der Waals surface area contributed by atoms with Crippen LogP contribution in [0.25, 0.3) is 0 Å². The molecule has 0 aliphatic heterocycles. The van der Waals surface area contributed by atoms with Crippen LogP contribution < -0.4 is 5.32 Å². The molecule has 1 nitrogen and oxygen atoms in total. The first kappa shape index (κ1) is 12.5. The predicted molar refractivity (Wildman–Crippen MR) is 56.2 cm³/mol. The van der Waals surface area contributed by atoms with Gasteiger partial charge >= 0.3 is 6.18 Å². The van der Waals surface area contributed by atoms with Crippen molar-refractivity contribution < 1.29 is 13.2 Å². The minimum Gasteiger partial charge on any atom is -0.302 e. The second-order valence-corrected chi connectivity index (χ2v) is 4.39. The molecule has 1 rings (SSSR count). The van der Waals surface area contributed by atoms with Crippen molar-refractivity contribution >= 4 is 11.3 Å². The van der Waals surface area contributed by atoms with Crippen LogP contribution in [0.15, 0.2) is 12.1 Å². The van der Waals surface area contributed by atoms with Gasteiger partial charge in [0, 0.05) is 9.75 Å². The molecule has 1 heterocycles. The summed E-state index contributed by atoms with van der Waals surface area (Å²) in [6.07, 6.45) is -3.44. The summed E-state index contributed by atoms with van der Waals surface area (Å²) >= 11 is 1.23. The third-order valence-corrected chi connectivity index (χ3v) is 3.35. The van der Waals surface area contributed by atoms with Gasteiger partial charge in [-0.15, -0.1) is 11.3 Å². The monoisotopic (exact) mass is 237 g/mol. The first-order valence-electron chi connectivity index (χ1n) is 4.87. The van der Waals surface area contributed by atoms with Crippen molar-refractivity contribution in [2.24, 2.45) is 0 Å². The van der Waals surface area contributed by atoms with E-state index in [1.165, 1.54) is 11.3 Å². The van der Waals surface area contributed by atoms with Gasteiger partial charge in [-0.1, -0.05) is 13.8 Å². The Kier molecular flexibility index (Phi) is 4.16. The summed E-state index contributed by atoms with van der Waals surface area (Å²) in [5.74, 6) is 0. The van der Waals surface area contributed by atoms with Crippen molar-refractivity contribution in [2.75, 3.05) is 6.54 Å². The molecule has 0 spiro atoms. The fourth-order valence-electron chi connectivity index (χ4n) is 1.32. The smallest absolute Gasteiger partial charge is 0.302 e. The summed E-state index contributed by atoms with van der Waals surface area (Å²) in [6.45, 7) is 3.92. The number of thiophene rings is 1. The Hall–Kier alpha value is -0.550. The fraction of sp³-hybridized carbons (Fsp3) is 0.600. The number of alkyl halides is 3. The van der Waals surface area contributed by atoms with Crippen LogP contribution in [-0.2, 0) is 6.42 Å². The van der Waals surface area contributed by atoms with E-state index in [1.807, 2.05) is 6.92 Å². The minimum atomic E-state index is -4.22. The summed E-state index contributed by atoms with van der Waals surface area (Å²) in [5.41, 5.74) is 0. The molecule has 0 saturated carbocycles. The molecule has 0 aliphatic rings. The Morgan fingerprint density at radius 1 is 1.33 bits per heavy atom. The quantitative estimate of drug-likeness (QED) is 0.844. The lowest BCUT2D eigenvalue weighted by atomic mass is 10.2. The number of halogens is 3. The number of rotatable bonds is 4. The molecule has 0 bridgehead atoms. The van der Waals surface area contributed by atoms with Crippen molar-refractivity contribution in [1.29, 1.82) is 0 Å². The van der Waals surface area contributed by atoms with E-state index in [1.54, 1.807) is 19.1 Å². The van der Waals surface area contributed by atoms with Gasteiger partial charge < -0.3 is 5.32 Å². The molecule has 1 atom stereocenters. The maximum absolute atomic E-state index is 12.7. The highest BCUT2D eigenvalue weighted by atomic mass is 32.1. The molecule has 0 radical (unpaired) electrons. The minimum absolute atomic E-state index is 0.309. The molecule has 1 N–H and O–H groups in total. The van der Waals surface area contributed by atoms with Gasteiger partial charge in [-0.3, -0.25) is 0 Å². The highest BCUT2D eigenvalue weighted by molar-refractivity contribution is 7.12. The molecule has 0 aromatic carbocycles. The lowest BCUT2D eigenvalue weighted by Gasteiger charge is -2.19. The second-order valence-electron chi connectivity index (χ2n) is 3.19. The van der Waals surface area contributed by atoms with Crippen molar-refractivity contribution in [1.82, 2.24) is 5.32 Å². The third-order valence-electron chi connectivity index (χ3n) is 2.05. The van der Waals surface area contributed by atoms with Crippen molar-refractivity contribution in [3.8, 4) is 0 Å². The van der Waals surface area contributed by atoms with Crippen LogP contribution in [0.3, 0.4) is 0 Å². The van der Waals surface area contributed by atoms with Crippen LogP contribution in [0.5, 0.6) is 0 Å². The molecular formula is C10H14F3NS. The summed E-state index contributed by atoms with van der Waals surface area (Å²) in [4.78, 5) is 1.33. The lowest BCUT2D eigenvalue weighted by Crippen LogP contribution is -2.33. The van der Waals surface area contributed by atoms with Gasteiger partial charge in [-0.05, 0) is 25.1 Å². The number of nitrogens with one attached hydrogen (secondary N) is 1. The zero-order valence-corrected chi connectivity index (χ0v) is 9.50. The predicted octanol–water partition coefficient (Wildman–Crippen LogP) is 3.52. The van der Waals surface area contributed by atoms with E-state index in [9.17, 15) is 13.2 Å². The molecule has 5 heteroatoms. The summed E-state index contributed by atoms with van der Waals surface area (Å²) in [7, 11) is 0. The zero-order valence-electron chi connectivity index (χ0n) is 8.69. The first-order valence-corrected chi connectivity index (χ1v) is 5.69. The fourth-order valence-corrected chi connectivity index (χ4v) is 2.38. The number of hydrogen-bond acceptors (Lipinski definition) is 2. The number of aryl methyl sites for hydroxylation is 1. The molecule has 0 saturated heterocycles. The highest BCUT2D eigenvalue weighted by Gasteiger charge is 2.40. The van der Waals surface area contributed by atoms with E-state index in [2.05, 4.69) is 5.32 Å². The maximum Gasteiger partial charge on any atom is 0.408 e. The molecule has 1 unspecified atom stereocenters. The van der Waals surface area contributed by atoms with Crippen LogP contribution in [-0.4, -0.2) is 12.7 Å². The standard InChI is InChI=1S/C10H14F3NS/c1-3-7-5-6-8(15-7)9(14-4-2)10(11,12)13/h5-6,9,14H,3-4H2,1-2H3. The van der Waals surface area contributed by atoms with Gasteiger partial charge in [0.2, 0.25) is 0 Å². The van der Waals surface area contributed by atoms with Crippen LogP contribution in [0, 0.1) is 0 Å². The molecular weight excluding hydrogens is 223 g/mol. The van der Waals surface area contributed by atoms with E-state index < -0.39 is 12.2 Å². The molecule has 0 fully saturated rings. The average molecular weight is 237 g/mol. The Morgan fingerprint density at radius 2 is 2.00 bits per heavy atom. The first-order chi connectivity index (χ1) is 6.99. The third kappa shape index (κ3) is 3.21. The number of hydrogen-bond donors (Lipinski definition) is 1. The Bertz CT molecular complexity index is 306. The Morgan fingerprint density at radius 3 is 2.40 bits per heavy atom. The molecule has 0 aliphatic carbocycles. The molecule has 15 heavy (non-hydrogen) atoms. The van der Waals surface area contributed by atoms with E-state index in [4.69, 9.17) is 0 Å². The van der Waals surface area contributed by atoms with Crippen molar-refractivity contribution in [2.45, 2.75) is 32.5 Å². The van der Waals surface area contributed by atoms with E-state index in [-0.39, 0.29) is 0 Å². The van der Waals surface area contributed by atoms with Gasteiger partial charge in [-0.25, -0.2) is 0 Å². The maximum atomic E-state index is 12.7. The van der Waals surface area contributed by atoms with Gasteiger partial charge in [0.1, 0.15) is 6.04 Å². The van der Waals surface area contributed by atoms with Crippen LogP contribution >= 0.6 is 11.3 Å². The summed E-state index contributed by atoms with van der Waals surface area (Å²) < 4.78 is 38.0. The van der Waals surface area contributed by atoms with Gasteiger partial charge in [0.25, 0.3) is 0 Å². The molecule has 1 aromatic heterocycles. The van der Waals surface area contributed by atoms with Crippen molar-refractivity contribution in [3.05, 3.63) is 21.9 Å². The second kappa shape index (κ2) is 4.99. The van der Waals surface area contributed by atoms with Crippen LogP contribution in [0.2, 0.25) is 0 Å². The zero-order chi connectivity index (χ0) is 11.5.